The molecule has 0 aliphatic heterocycles. The zero-order valence-corrected chi connectivity index (χ0v) is 14.0. The molecule has 1 amide bonds. The highest BCUT2D eigenvalue weighted by Gasteiger charge is 2.20. The molecule has 0 fully saturated rings. The van der Waals surface area contributed by atoms with Crippen LogP contribution in [-0.2, 0) is 18.2 Å². The minimum absolute atomic E-state index is 0.184. The maximum absolute atomic E-state index is 11.9. The fraction of sp³-hybridized carbons (Fsp3) is 0.733. The van der Waals surface area contributed by atoms with Crippen LogP contribution in [0, 0.1) is 6.92 Å². The van der Waals surface area contributed by atoms with Gasteiger partial charge in [0.05, 0.1) is 5.69 Å². The molecule has 0 radical (unpaired) electrons. The van der Waals surface area contributed by atoms with Crippen molar-refractivity contribution in [1.82, 2.24) is 9.78 Å². The number of nitrogens with one attached hydrogen (secondary N) is 1. The summed E-state index contributed by atoms with van der Waals surface area (Å²) < 4.78 is 6.97. The predicted octanol–water partition coefficient (Wildman–Crippen LogP) is 2.75. The molecule has 0 aliphatic carbocycles. The third-order valence-corrected chi connectivity index (χ3v) is 3.05. The highest BCUT2D eigenvalue weighted by atomic mass is 16.6. The topological polar surface area (TPSA) is 82.2 Å². The van der Waals surface area contributed by atoms with Crippen molar-refractivity contribution >= 4 is 11.9 Å². The summed E-state index contributed by atoms with van der Waals surface area (Å²) in [5.41, 5.74) is 7.23. The minimum Gasteiger partial charge on any atom is -0.444 e. The van der Waals surface area contributed by atoms with Gasteiger partial charge >= 0.3 is 6.09 Å². The summed E-state index contributed by atoms with van der Waals surface area (Å²) in [4.78, 5) is 11.9. The van der Waals surface area contributed by atoms with E-state index < -0.39 is 11.7 Å². The molecule has 0 bridgehead atoms. The summed E-state index contributed by atoms with van der Waals surface area (Å²) in [6.07, 6.45) is 2.29. The number of carbonyl (C=O) groups excluding carboxylic acids is 1. The summed E-state index contributed by atoms with van der Waals surface area (Å²) in [7, 11) is 1.81. The average Bonchev–Trinajstić information content (AvgIpc) is 2.52. The number of rotatable bonds is 5. The molecule has 0 saturated carbocycles. The zero-order valence-electron chi connectivity index (χ0n) is 14.0. The number of nitrogens with zero attached hydrogens (tertiary/aromatic N) is 2. The summed E-state index contributed by atoms with van der Waals surface area (Å²) in [6.45, 7) is 9.46. The van der Waals surface area contributed by atoms with Crippen molar-refractivity contribution in [3.05, 3.63) is 11.3 Å². The largest absolute Gasteiger partial charge is 0.444 e. The molecule has 0 spiro atoms. The molecule has 6 nitrogen and oxygen atoms in total. The lowest BCUT2D eigenvalue weighted by molar-refractivity contribution is 0.0634. The van der Waals surface area contributed by atoms with E-state index in [4.69, 9.17) is 10.5 Å². The van der Waals surface area contributed by atoms with E-state index in [0.29, 0.717) is 5.82 Å². The van der Waals surface area contributed by atoms with Gasteiger partial charge in [-0.2, -0.15) is 5.10 Å². The number of ether oxygens (including phenoxy) is 1. The molecule has 0 aliphatic rings. The van der Waals surface area contributed by atoms with Crippen LogP contribution in [0.25, 0.3) is 0 Å². The van der Waals surface area contributed by atoms with Crippen LogP contribution >= 0.6 is 0 Å². The molecule has 1 unspecified atom stereocenters. The van der Waals surface area contributed by atoms with Crippen LogP contribution in [0.5, 0.6) is 0 Å². The van der Waals surface area contributed by atoms with Crippen LogP contribution < -0.4 is 11.1 Å². The van der Waals surface area contributed by atoms with Crippen molar-refractivity contribution in [2.45, 2.75) is 65.5 Å². The Morgan fingerprint density at radius 3 is 2.62 bits per heavy atom. The Morgan fingerprint density at radius 2 is 2.10 bits per heavy atom. The first-order valence-electron chi connectivity index (χ1n) is 7.38. The summed E-state index contributed by atoms with van der Waals surface area (Å²) in [6, 6.07) is 0.184. The van der Waals surface area contributed by atoms with Gasteiger partial charge in [-0.05, 0) is 53.9 Å². The van der Waals surface area contributed by atoms with E-state index >= 15 is 0 Å². The normalized spacial score (nSPS) is 13.1. The molecule has 21 heavy (non-hydrogen) atoms. The van der Waals surface area contributed by atoms with Crippen LogP contribution in [-0.4, -0.2) is 27.5 Å². The molecule has 1 atom stereocenters. The van der Waals surface area contributed by atoms with Gasteiger partial charge in [-0.25, -0.2) is 4.79 Å². The fourth-order valence-corrected chi connectivity index (χ4v) is 2.16. The molecule has 0 aromatic carbocycles. The van der Waals surface area contributed by atoms with Gasteiger partial charge in [0.15, 0.2) is 0 Å². The van der Waals surface area contributed by atoms with E-state index in [1.54, 1.807) is 4.68 Å². The maximum Gasteiger partial charge on any atom is 0.413 e. The molecule has 1 heterocycles. The molecule has 3 N–H and O–H groups in total. The van der Waals surface area contributed by atoms with Crippen LogP contribution in [0.3, 0.4) is 0 Å². The van der Waals surface area contributed by atoms with Gasteiger partial charge in [-0.3, -0.25) is 10.00 Å². The number of aromatic nitrogens is 2. The lowest BCUT2D eigenvalue weighted by Gasteiger charge is -2.20. The SMILES string of the molecule is Cc1nn(C)c(NC(=O)OC(C)(C)C)c1CCCC(C)N. The summed E-state index contributed by atoms with van der Waals surface area (Å²) in [5, 5.41) is 7.18. The maximum atomic E-state index is 11.9. The van der Waals surface area contributed by atoms with Crippen LogP contribution in [0.2, 0.25) is 0 Å². The lowest BCUT2D eigenvalue weighted by atomic mass is 10.1. The second kappa shape index (κ2) is 6.93. The first-order chi connectivity index (χ1) is 9.60. The van der Waals surface area contributed by atoms with Gasteiger partial charge < -0.3 is 10.5 Å². The van der Waals surface area contributed by atoms with Gasteiger partial charge in [-0.15, -0.1) is 0 Å². The monoisotopic (exact) mass is 296 g/mol. The molecule has 6 heteroatoms. The minimum atomic E-state index is -0.521. The Kier molecular flexibility index (Phi) is 5.78. The van der Waals surface area contributed by atoms with Crippen molar-refractivity contribution < 1.29 is 9.53 Å². The number of nitrogens with two attached hydrogens (primary N) is 1. The van der Waals surface area contributed by atoms with E-state index in [0.717, 1.165) is 30.5 Å². The van der Waals surface area contributed by atoms with Crippen molar-refractivity contribution in [3.63, 3.8) is 0 Å². The average molecular weight is 296 g/mol. The Morgan fingerprint density at radius 1 is 1.48 bits per heavy atom. The van der Waals surface area contributed by atoms with E-state index in [1.807, 2.05) is 41.7 Å². The van der Waals surface area contributed by atoms with Gasteiger partial charge in [0, 0.05) is 18.7 Å². The number of aryl methyl sites for hydroxylation is 2. The number of carbonyl (C=O) groups is 1. The van der Waals surface area contributed by atoms with Crippen LogP contribution in [0.1, 0.15) is 51.8 Å². The second-order valence-corrected chi connectivity index (χ2v) is 6.53. The van der Waals surface area contributed by atoms with E-state index in [-0.39, 0.29) is 6.04 Å². The standard InChI is InChI=1S/C15H28N4O2/c1-10(16)8-7-9-12-11(2)18-19(6)13(12)17-14(20)21-15(3,4)5/h10H,7-9,16H2,1-6H3,(H,17,20). The summed E-state index contributed by atoms with van der Waals surface area (Å²) in [5.74, 6) is 0.700. The first kappa shape index (κ1) is 17.5. The van der Waals surface area contributed by atoms with Crippen molar-refractivity contribution in [1.29, 1.82) is 0 Å². The highest BCUT2D eigenvalue weighted by molar-refractivity contribution is 5.85. The molecule has 1 aromatic rings. The highest BCUT2D eigenvalue weighted by Crippen LogP contribution is 2.22. The van der Waals surface area contributed by atoms with Crippen LogP contribution in [0.4, 0.5) is 10.6 Å². The van der Waals surface area contributed by atoms with E-state index in [1.165, 1.54) is 0 Å². The molecular formula is C15H28N4O2. The molecule has 1 aromatic heterocycles. The zero-order chi connectivity index (χ0) is 16.2. The third kappa shape index (κ3) is 5.75. The number of amides is 1. The number of hydrogen-bond acceptors (Lipinski definition) is 4. The molecule has 120 valence electrons. The van der Waals surface area contributed by atoms with Crippen LogP contribution in [0.15, 0.2) is 0 Å². The second-order valence-electron chi connectivity index (χ2n) is 6.53. The van der Waals surface area contributed by atoms with Gasteiger partial charge in [-0.1, -0.05) is 0 Å². The first-order valence-corrected chi connectivity index (χ1v) is 7.38. The van der Waals surface area contributed by atoms with Crippen molar-refractivity contribution in [2.24, 2.45) is 12.8 Å². The Hall–Kier alpha value is -1.56. The Labute approximate surface area is 127 Å². The molecule has 0 saturated heterocycles. The Balaban J connectivity index is 2.79. The molecule has 1 rings (SSSR count). The van der Waals surface area contributed by atoms with Gasteiger partial charge in [0.1, 0.15) is 11.4 Å². The van der Waals surface area contributed by atoms with Crippen molar-refractivity contribution in [2.75, 3.05) is 5.32 Å². The smallest absolute Gasteiger partial charge is 0.413 e. The third-order valence-electron chi connectivity index (χ3n) is 3.05. The summed E-state index contributed by atoms with van der Waals surface area (Å²) >= 11 is 0. The van der Waals surface area contributed by atoms with Gasteiger partial charge in [0.25, 0.3) is 0 Å². The van der Waals surface area contributed by atoms with Crippen molar-refractivity contribution in [3.8, 4) is 0 Å². The Bertz CT molecular complexity index is 487. The quantitative estimate of drug-likeness (QED) is 0.875. The van der Waals surface area contributed by atoms with E-state index in [9.17, 15) is 4.79 Å². The van der Waals surface area contributed by atoms with Gasteiger partial charge in [0.2, 0.25) is 0 Å². The van der Waals surface area contributed by atoms with E-state index in [2.05, 4.69) is 10.4 Å². The lowest BCUT2D eigenvalue weighted by Crippen LogP contribution is -2.28. The number of anilines is 1. The molecular weight excluding hydrogens is 268 g/mol. The fourth-order valence-electron chi connectivity index (χ4n) is 2.16. The predicted molar refractivity (Wildman–Crippen MR) is 84.4 cm³/mol. The number of hydrogen-bond donors (Lipinski definition) is 2.